The molecule has 0 unspecified atom stereocenters. The van der Waals surface area contributed by atoms with Crippen molar-refractivity contribution in [1.29, 1.82) is 0 Å². The van der Waals surface area contributed by atoms with Crippen molar-refractivity contribution < 1.29 is 4.79 Å². The highest BCUT2D eigenvalue weighted by Crippen LogP contribution is 2.29. The molecular weight excluding hydrogens is 413 g/mol. The van der Waals surface area contributed by atoms with Crippen molar-refractivity contribution in [1.82, 2.24) is 14.9 Å². The summed E-state index contributed by atoms with van der Waals surface area (Å²) in [5.74, 6) is 2.79. The molecule has 0 atom stereocenters. The highest BCUT2D eigenvalue weighted by Gasteiger charge is 2.25. The van der Waals surface area contributed by atoms with Crippen LogP contribution in [0.25, 0.3) is 11.0 Å². The molecule has 146 valence electrons. The Hall–Kier alpha value is -1.69. The van der Waals surface area contributed by atoms with Crippen LogP contribution in [0.3, 0.4) is 0 Å². The summed E-state index contributed by atoms with van der Waals surface area (Å²) in [5, 5.41) is 1.28. The lowest BCUT2D eigenvalue weighted by atomic mass is 9.96. The normalized spacial score (nSPS) is 15.3. The van der Waals surface area contributed by atoms with Gasteiger partial charge in [0.25, 0.3) is 0 Å². The number of aromatic amines is 1. The standard InChI is InChI=1S/C21H21Cl2N3OS/c22-16-6-5-15(17(23)11-16)12-28-13-20(27)26-9-7-14(8-10-26)21-24-18-3-1-2-4-19(18)25-21/h1-6,11,14H,7-10,12-13H2,(H,24,25). The number of fused-ring (bicyclic) bond motifs is 1. The van der Waals surface area contributed by atoms with Gasteiger partial charge in [-0.25, -0.2) is 4.98 Å². The molecule has 2 heterocycles. The van der Waals surface area contributed by atoms with Crippen LogP contribution in [0.2, 0.25) is 10.0 Å². The molecule has 3 aromatic rings. The van der Waals surface area contributed by atoms with Crippen LogP contribution in [0.15, 0.2) is 42.5 Å². The van der Waals surface area contributed by atoms with Crippen LogP contribution in [0.1, 0.15) is 30.1 Å². The van der Waals surface area contributed by atoms with Crippen molar-refractivity contribution in [2.75, 3.05) is 18.8 Å². The van der Waals surface area contributed by atoms with E-state index in [-0.39, 0.29) is 5.91 Å². The Labute approximate surface area is 178 Å². The van der Waals surface area contributed by atoms with Crippen molar-refractivity contribution in [3.8, 4) is 0 Å². The average molecular weight is 434 g/mol. The summed E-state index contributed by atoms with van der Waals surface area (Å²) in [4.78, 5) is 22.7. The molecule has 4 rings (SSSR count). The second-order valence-corrected chi connectivity index (χ2v) is 8.85. The maximum atomic E-state index is 12.5. The Kier molecular flexibility index (Phi) is 6.14. The first kappa shape index (κ1) is 19.6. The second-order valence-electron chi connectivity index (χ2n) is 7.02. The maximum absolute atomic E-state index is 12.5. The Bertz CT molecular complexity index is 950. The van der Waals surface area contributed by atoms with E-state index in [0.29, 0.717) is 27.5 Å². The second kappa shape index (κ2) is 8.76. The SMILES string of the molecule is O=C(CSCc1ccc(Cl)cc1Cl)N1CCC(c2nc3ccccc3[nH]2)CC1. The Balaban J connectivity index is 1.26. The van der Waals surface area contributed by atoms with E-state index in [0.717, 1.165) is 48.4 Å². The van der Waals surface area contributed by atoms with Gasteiger partial charge in [-0.05, 0) is 42.7 Å². The monoisotopic (exact) mass is 433 g/mol. The molecule has 0 saturated carbocycles. The van der Waals surface area contributed by atoms with Crippen LogP contribution < -0.4 is 0 Å². The van der Waals surface area contributed by atoms with Crippen LogP contribution in [-0.4, -0.2) is 39.6 Å². The van der Waals surface area contributed by atoms with E-state index < -0.39 is 0 Å². The first-order valence-electron chi connectivity index (χ1n) is 9.34. The zero-order valence-electron chi connectivity index (χ0n) is 15.3. The number of benzene rings is 2. The number of nitrogens with zero attached hydrogens (tertiary/aromatic N) is 2. The number of thioether (sulfide) groups is 1. The van der Waals surface area contributed by atoms with Gasteiger partial charge in [0, 0.05) is 34.8 Å². The van der Waals surface area contributed by atoms with E-state index in [2.05, 4.69) is 11.1 Å². The lowest BCUT2D eigenvalue weighted by molar-refractivity contribution is -0.129. The lowest BCUT2D eigenvalue weighted by Gasteiger charge is -2.31. The van der Waals surface area contributed by atoms with Gasteiger partial charge in [0.1, 0.15) is 5.82 Å². The van der Waals surface area contributed by atoms with Gasteiger partial charge in [-0.15, -0.1) is 11.8 Å². The zero-order valence-corrected chi connectivity index (χ0v) is 17.7. The number of H-pyrrole nitrogens is 1. The number of hydrogen-bond acceptors (Lipinski definition) is 3. The summed E-state index contributed by atoms with van der Waals surface area (Å²) < 4.78 is 0. The van der Waals surface area contributed by atoms with Crippen molar-refractivity contribution in [2.24, 2.45) is 0 Å². The topological polar surface area (TPSA) is 49.0 Å². The molecule has 0 bridgehead atoms. The number of halogens is 2. The van der Waals surface area contributed by atoms with Crippen molar-refractivity contribution in [3.05, 3.63) is 63.9 Å². The summed E-state index contributed by atoms with van der Waals surface area (Å²) in [6.07, 6.45) is 1.89. The van der Waals surface area contributed by atoms with E-state index in [1.54, 1.807) is 17.8 Å². The van der Waals surface area contributed by atoms with Crippen molar-refractivity contribution in [3.63, 3.8) is 0 Å². The van der Waals surface area contributed by atoms with Crippen molar-refractivity contribution >= 4 is 51.9 Å². The molecule has 0 spiro atoms. The molecular formula is C21H21Cl2N3OS. The van der Waals surface area contributed by atoms with Gasteiger partial charge in [0.2, 0.25) is 5.91 Å². The molecule has 1 N–H and O–H groups in total. The number of piperidine rings is 1. The fraction of sp³-hybridized carbons (Fsp3) is 0.333. The molecule has 2 aromatic carbocycles. The molecule has 1 aliphatic heterocycles. The third-order valence-corrected chi connectivity index (χ3v) is 6.69. The number of amides is 1. The predicted molar refractivity (Wildman–Crippen MR) is 117 cm³/mol. The van der Waals surface area contributed by atoms with Gasteiger partial charge in [-0.1, -0.05) is 41.4 Å². The van der Waals surface area contributed by atoms with Crippen LogP contribution in [0.5, 0.6) is 0 Å². The number of likely N-dealkylation sites (tertiary alicyclic amines) is 1. The van der Waals surface area contributed by atoms with Crippen LogP contribution >= 0.6 is 35.0 Å². The fourth-order valence-corrected chi connectivity index (χ4v) is 5.03. The Morgan fingerprint density at radius 1 is 1.18 bits per heavy atom. The minimum absolute atomic E-state index is 0.193. The number of aromatic nitrogens is 2. The van der Waals surface area contributed by atoms with Gasteiger partial charge in [-0.2, -0.15) is 0 Å². The average Bonchev–Trinajstić information content (AvgIpc) is 3.14. The fourth-order valence-electron chi connectivity index (χ4n) is 3.55. The van der Waals surface area contributed by atoms with Gasteiger partial charge in [0.05, 0.1) is 16.8 Å². The highest BCUT2D eigenvalue weighted by atomic mass is 35.5. The van der Waals surface area contributed by atoms with E-state index in [1.165, 1.54) is 0 Å². The predicted octanol–water partition coefficient (Wildman–Crippen LogP) is 5.51. The quantitative estimate of drug-likeness (QED) is 0.576. The molecule has 0 aliphatic carbocycles. The van der Waals surface area contributed by atoms with E-state index >= 15 is 0 Å². The highest BCUT2D eigenvalue weighted by molar-refractivity contribution is 7.99. The number of rotatable bonds is 5. The summed E-state index contributed by atoms with van der Waals surface area (Å²) in [6, 6.07) is 13.6. The van der Waals surface area contributed by atoms with Gasteiger partial charge in [0.15, 0.2) is 0 Å². The number of imidazole rings is 1. The smallest absolute Gasteiger partial charge is 0.232 e. The summed E-state index contributed by atoms with van der Waals surface area (Å²) >= 11 is 13.7. The summed E-state index contributed by atoms with van der Waals surface area (Å²) in [5.41, 5.74) is 3.09. The van der Waals surface area contributed by atoms with E-state index in [9.17, 15) is 4.79 Å². The zero-order chi connectivity index (χ0) is 19.5. The number of hydrogen-bond donors (Lipinski definition) is 1. The molecule has 7 heteroatoms. The molecule has 0 radical (unpaired) electrons. The summed E-state index contributed by atoms with van der Waals surface area (Å²) in [7, 11) is 0. The first-order valence-corrected chi connectivity index (χ1v) is 11.3. The Morgan fingerprint density at radius 2 is 1.96 bits per heavy atom. The van der Waals surface area contributed by atoms with Crippen LogP contribution in [-0.2, 0) is 10.5 Å². The van der Waals surface area contributed by atoms with E-state index in [4.69, 9.17) is 28.2 Å². The van der Waals surface area contributed by atoms with Crippen LogP contribution in [0.4, 0.5) is 0 Å². The van der Waals surface area contributed by atoms with Crippen LogP contribution in [0, 0.1) is 0 Å². The molecule has 1 saturated heterocycles. The molecule has 28 heavy (non-hydrogen) atoms. The molecule has 1 amide bonds. The third kappa shape index (κ3) is 4.48. The van der Waals surface area contributed by atoms with Gasteiger partial charge in [-0.3, -0.25) is 4.79 Å². The third-order valence-electron chi connectivity index (χ3n) is 5.14. The molecule has 4 nitrogen and oxygen atoms in total. The summed E-state index contributed by atoms with van der Waals surface area (Å²) in [6.45, 7) is 1.56. The Morgan fingerprint density at radius 3 is 2.71 bits per heavy atom. The first-order chi connectivity index (χ1) is 13.6. The van der Waals surface area contributed by atoms with Crippen molar-refractivity contribution in [2.45, 2.75) is 24.5 Å². The largest absolute Gasteiger partial charge is 0.342 e. The number of carbonyl (C=O) groups excluding carboxylic acids is 1. The van der Waals surface area contributed by atoms with Gasteiger partial charge < -0.3 is 9.88 Å². The maximum Gasteiger partial charge on any atom is 0.232 e. The molecule has 1 fully saturated rings. The van der Waals surface area contributed by atoms with E-state index in [1.807, 2.05) is 35.2 Å². The van der Waals surface area contributed by atoms with Gasteiger partial charge >= 0.3 is 0 Å². The number of carbonyl (C=O) groups is 1. The number of para-hydroxylation sites is 2. The number of nitrogens with one attached hydrogen (secondary N) is 1. The molecule has 1 aliphatic rings. The minimum Gasteiger partial charge on any atom is -0.342 e. The lowest BCUT2D eigenvalue weighted by Crippen LogP contribution is -2.39. The molecule has 1 aromatic heterocycles. The minimum atomic E-state index is 0.193.